The van der Waals surface area contributed by atoms with E-state index in [-0.39, 0.29) is 0 Å². The van der Waals surface area contributed by atoms with Crippen molar-refractivity contribution < 1.29 is 0 Å². The van der Waals surface area contributed by atoms with Crippen LogP contribution in [0.3, 0.4) is 0 Å². The van der Waals surface area contributed by atoms with E-state index in [2.05, 4.69) is 110 Å². The Labute approximate surface area is 181 Å². The molecule has 28 heavy (non-hydrogen) atoms. The minimum atomic E-state index is -3.36. The van der Waals surface area contributed by atoms with Gasteiger partial charge >= 0.3 is 182 Å². The van der Waals surface area contributed by atoms with Crippen LogP contribution in [0.2, 0.25) is 0 Å². The number of unbranched alkanes of at least 4 members (excludes halogenated alkanes) is 1. The number of benzene rings is 3. The van der Waals surface area contributed by atoms with Crippen molar-refractivity contribution in [2.75, 3.05) is 13.6 Å². The number of thiocarbonyl (C=S) groups is 1. The fraction of sp³-hybridized carbons (Fsp3) is 0.208. The molecule has 0 amide bonds. The predicted molar refractivity (Wildman–Crippen MR) is 132 cm³/mol. The van der Waals surface area contributed by atoms with E-state index in [0.717, 1.165) is 10.9 Å². The molecule has 0 atom stereocenters. The molecule has 0 aromatic heterocycles. The Hall–Kier alpha value is -1.30. The third-order valence-electron chi connectivity index (χ3n) is 4.94. The fourth-order valence-corrected chi connectivity index (χ4v) is 24.7. The molecule has 0 aliphatic heterocycles. The molecule has 3 aromatic carbocycles. The van der Waals surface area contributed by atoms with Gasteiger partial charge in [0.25, 0.3) is 0 Å². The second kappa shape index (κ2) is 10.5. The van der Waals surface area contributed by atoms with Crippen LogP contribution in [0.5, 0.6) is 0 Å². The Morgan fingerprint density at radius 2 is 1.18 bits per heavy atom. The van der Waals surface area contributed by atoms with Gasteiger partial charge in [0, 0.05) is 0 Å². The summed E-state index contributed by atoms with van der Waals surface area (Å²) in [5.41, 5.74) is 0. The van der Waals surface area contributed by atoms with Crippen molar-refractivity contribution in [2.24, 2.45) is 0 Å². The van der Waals surface area contributed by atoms with Crippen molar-refractivity contribution >= 4 is 53.2 Å². The van der Waals surface area contributed by atoms with E-state index in [1.165, 1.54) is 23.6 Å². The first-order chi connectivity index (χ1) is 13.7. The van der Waals surface area contributed by atoms with E-state index in [0.29, 0.717) is 0 Å². The maximum atomic E-state index is 5.98. The molecular formula is C24H27NS2Sn. The van der Waals surface area contributed by atoms with Gasteiger partial charge < -0.3 is 0 Å². The molecule has 0 aliphatic rings. The Bertz CT molecular complexity index is 772. The summed E-state index contributed by atoms with van der Waals surface area (Å²) in [7, 11) is 4.12. The summed E-state index contributed by atoms with van der Waals surface area (Å²) in [6, 6.07) is 33.1. The van der Waals surface area contributed by atoms with E-state index in [1.807, 2.05) is 8.95 Å². The molecule has 1 nitrogen and oxygen atoms in total. The predicted octanol–water partition coefficient (Wildman–Crippen LogP) is 4.40. The monoisotopic (exact) mass is 513 g/mol. The molecule has 4 heteroatoms. The first-order valence-corrected chi connectivity index (χ1v) is 18.8. The summed E-state index contributed by atoms with van der Waals surface area (Å²) in [6.07, 6.45) is 2.35. The molecule has 0 fully saturated rings. The molecular weight excluding hydrogens is 485 g/mol. The normalized spacial score (nSPS) is 11.2. The molecule has 0 radical (unpaired) electrons. The molecule has 0 spiro atoms. The Balaban J connectivity index is 2.15. The van der Waals surface area contributed by atoms with Crippen molar-refractivity contribution in [3.8, 4) is 0 Å². The summed E-state index contributed by atoms with van der Waals surface area (Å²) in [5.74, 6) is 0. The van der Waals surface area contributed by atoms with Gasteiger partial charge in [0.05, 0.1) is 0 Å². The van der Waals surface area contributed by atoms with E-state index in [4.69, 9.17) is 12.2 Å². The van der Waals surface area contributed by atoms with Crippen LogP contribution in [0, 0.1) is 0 Å². The fourth-order valence-electron chi connectivity index (χ4n) is 3.39. The zero-order chi connectivity index (χ0) is 19.8. The quantitative estimate of drug-likeness (QED) is 0.342. The first kappa shape index (κ1) is 21.4. The third-order valence-corrected chi connectivity index (χ3v) is 26.4. The maximum absolute atomic E-state index is 5.98. The Morgan fingerprint density at radius 1 is 0.786 bits per heavy atom. The summed E-state index contributed by atoms with van der Waals surface area (Å²) < 4.78 is 5.36. The van der Waals surface area contributed by atoms with Crippen molar-refractivity contribution in [3.05, 3.63) is 91.0 Å². The SMILES string of the molecule is CCCCN(C)C(=S)[S][Sn]([c]1ccccc1)([c]1ccccc1)[c]1ccccc1. The minimum absolute atomic E-state index is 1.01. The van der Waals surface area contributed by atoms with Crippen molar-refractivity contribution in [3.63, 3.8) is 0 Å². The van der Waals surface area contributed by atoms with E-state index in [9.17, 15) is 0 Å². The second-order valence-electron chi connectivity index (χ2n) is 6.92. The van der Waals surface area contributed by atoms with Crippen molar-refractivity contribution in [1.82, 2.24) is 4.90 Å². The number of nitrogens with zero attached hydrogens (tertiary/aromatic N) is 1. The standard InChI is InChI=1S/C6H13NS2.3C6H5.Sn/c1-3-4-5-7(2)6(8)9;3*1-2-4-6-5-3-1;/h3-5H2,1-2H3,(H,8,9);3*1-5H;/q;;;;+1/p-1. The summed E-state index contributed by atoms with van der Waals surface area (Å²) >= 11 is 2.62. The van der Waals surface area contributed by atoms with Gasteiger partial charge in [0.1, 0.15) is 0 Å². The third kappa shape index (κ3) is 4.81. The molecule has 0 bridgehead atoms. The van der Waals surface area contributed by atoms with Crippen LogP contribution < -0.4 is 10.7 Å². The van der Waals surface area contributed by atoms with E-state index in [1.54, 1.807) is 0 Å². The summed E-state index contributed by atoms with van der Waals surface area (Å²) in [4.78, 5) is 2.27. The Kier molecular flexibility index (Phi) is 8.00. The number of hydrogen-bond acceptors (Lipinski definition) is 2. The van der Waals surface area contributed by atoms with Crippen LogP contribution >= 0.6 is 21.2 Å². The number of rotatable bonds is 7. The van der Waals surface area contributed by atoms with Gasteiger partial charge in [-0.25, -0.2) is 0 Å². The van der Waals surface area contributed by atoms with E-state index < -0.39 is 17.0 Å². The molecule has 0 heterocycles. The van der Waals surface area contributed by atoms with Gasteiger partial charge in [-0.05, 0) is 0 Å². The average Bonchev–Trinajstić information content (AvgIpc) is 2.77. The van der Waals surface area contributed by atoms with E-state index >= 15 is 0 Å². The summed E-state index contributed by atoms with van der Waals surface area (Å²) in [5, 5.41) is 0. The van der Waals surface area contributed by atoms with Crippen molar-refractivity contribution in [2.45, 2.75) is 19.8 Å². The number of hydrogen-bond donors (Lipinski definition) is 0. The molecule has 0 N–H and O–H groups in total. The molecule has 144 valence electrons. The Morgan fingerprint density at radius 3 is 1.54 bits per heavy atom. The van der Waals surface area contributed by atoms with Crippen LogP contribution in [-0.2, 0) is 0 Å². The first-order valence-electron chi connectivity index (χ1n) is 9.79. The molecule has 3 rings (SSSR count). The summed E-state index contributed by atoms with van der Waals surface area (Å²) in [6.45, 7) is 3.24. The van der Waals surface area contributed by atoms with Crippen LogP contribution in [0.1, 0.15) is 19.8 Å². The molecule has 0 saturated heterocycles. The molecule has 0 unspecified atom stereocenters. The van der Waals surface area contributed by atoms with Gasteiger partial charge in [-0.2, -0.15) is 0 Å². The van der Waals surface area contributed by atoms with Gasteiger partial charge in [-0.15, -0.1) is 0 Å². The van der Waals surface area contributed by atoms with Crippen LogP contribution in [-0.4, -0.2) is 39.8 Å². The van der Waals surface area contributed by atoms with Crippen molar-refractivity contribution in [1.29, 1.82) is 0 Å². The molecule has 0 aliphatic carbocycles. The zero-order valence-corrected chi connectivity index (χ0v) is 21.0. The van der Waals surface area contributed by atoms with Crippen LogP contribution in [0.4, 0.5) is 0 Å². The van der Waals surface area contributed by atoms with Gasteiger partial charge in [-0.3, -0.25) is 0 Å². The van der Waals surface area contributed by atoms with Crippen LogP contribution in [0.25, 0.3) is 0 Å². The zero-order valence-electron chi connectivity index (χ0n) is 16.5. The topological polar surface area (TPSA) is 3.24 Å². The molecule has 3 aromatic rings. The van der Waals surface area contributed by atoms with Gasteiger partial charge in [0.15, 0.2) is 0 Å². The average molecular weight is 512 g/mol. The second-order valence-corrected chi connectivity index (χ2v) is 22.8. The van der Waals surface area contributed by atoms with Gasteiger partial charge in [-0.1, -0.05) is 0 Å². The molecule has 0 saturated carbocycles. The van der Waals surface area contributed by atoms with Crippen LogP contribution in [0.15, 0.2) is 91.0 Å². The van der Waals surface area contributed by atoms with Gasteiger partial charge in [0.2, 0.25) is 0 Å².